The molecule has 1 fully saturated rings. The Morgan fingerprint density at radius 3 is 1.25 bits per heavy atom. The third-order valence-corrected chi connectivity index (χ3v) is 29.8. The van der Waals surface area contributed by atoms with Gasteiger partial charge in [0.15, 0.2) is 58.2 Å². The lowest BCUT2D eigenvalue weighted by Crippen LogP contribution is -2.39. The van der Waals surface area contributed by atoms with Crippen LogP contribution in [0.3, 0.4) is 0 Å². The monoisotopic (exact) mass is 2040 g/mol. The van der Waals surface area contributed by atoms with Crippen LogP contribution >= 0.6 is 11.8 Å². The number of hydrogen-bond acceptors (Lipinski definition) is 16. The number of nitrogens with two attached hydrogens (primary N) is 5. The number of piperidine rings is 1. The molecule has 33 heteroatoms. The van der Waals surface area contributed by atoms with Crippen molar-refractivity contribution in [2.45, 2.75) is 149 Å². The van der Waals surface area contributed by atoms with Crippen LogP contribution in [0.1, 0.15) is 135 Å². The summed E-state index contributed by atoms with van der Waals surface area (Å²) in [5.74, 6) is -4.41. The molecule has 0 aliphatic carbocycles. The molecule has 6 aliphatic heterocycles. The Morgan fingerprint density at radius 1 is 0.396 bits per heavy atom. The van der Waals surface area contributed by atoms with Gasteiger partial charge in [0.1, 0.15) is 81.9 Å². The molecule has 6 aliphatic rings. The number of fused-ring (bicyclic) bond motifs is 15. The van der Waals surface area contributed by atoms with Crippen molar-refractivity contribution in [1.29, 1.82) is 4.78 Å². The normalized spacial score (nSPS) is 20.1. The van der Waals surface area contributed by atoms with Gasteiger partial charge in [-0.2, -0.15) is 0 Å². The van der Waals surface area contributed by atoms with Crippen molar-refractivity contribution in [2.24, 2.45) is 28.7 Å². The number of ether oxygens (including phenoxy) is 5. The Bertz CT molecular complexity index is 7630. The third-order valence-electron chi connectivity index (χ3n) is 26.8. The van der Waals surface area contributed by atoms with E-state index in [-0.39, 0.29) is 27.8 Å². The molecule has 144 heavy (non-hydrogen) atoms. The summed E-state index contributed by atoms with van der Waals surface area (Å²) < 4.78 is 261. The Morgan fingerprint density at radius 2 is 0.778 bits per heavy atom. The molecule has 2 unspecified atom stereocenters. The van der Waals surface area contributed by atoms with Crippen LogP contribution in [0.2, 0.25) is 0 Å². The van der Waals surface area contributed by atoms with Crippen LogP contribution < -0.4 is 66.8 Å². The molecule has 0 bridgehead atoms. The number of nitrogens with zero attached hydrogens (tertiary/aromatic N) is 1. The molecule has 15 nitrogen and oxygen atoms in total. The summed E-state index contributed by atoms with van der Waals surface area (Å²) in [7, 11) is -1.07. The second-order valence-electron chi connectivity index (χ2n) is 37.1. The van der Waals surface area contributed by atoms with Gasteiger partial charge in [0.25, 0.3) is 0 Å². The molecule has 0 spiro atoms. The fourth-order valence-corrected chi connectivity index (χ4v) is 22.6. The predicted molar refractivity (Wildman–Crippen MR) is 541 cm³/mol. The number of anilines is 2. The number of rotatable bonds is 14. The van der Waals surface area contributed by atoms with Crippen molar-refractivity contribution in [3.8, 4) is 34.5 Å². The van der Waals surface area contributed by atoms with Crippen LogP contribution in [-0.4, -0.2) is 86.0 Å². The van der Waals surface area contributed by atoms with Crippen molar-refractivity contribution in [3.63, 3.8) is 0 Å². The van der Waals surface area contributed by atoms with Gasteiger partial charge >= 0.3 is 0 Å². The van der Waals surface area contributed by atoms with Gasteiger partial charge in [-0.05, 0) is 282 Å². The molecular weight excluding hydrogens is 1940 g/mol. The number of benzene rings is 15. The van der Waals surface area contributed by atoms with Crippen molar-refractivity contribution < 1.29 is 97.9 Å². The second-order valence-corrected chi connectivity index (χ2v) is 43.1. The number of halogens is 15. The van der Waals surface area contributed by atoms with Gasteiger partial charge in [0, 0.05) is 144 Å². The Hall–Kier alpha value is -12.9. The van der Waals surface area contributed by atoms with Crippen molar-refractivity contribution in [3.05, 3.63) is 360 Å². The summed E-state index contributed by atoms with van der Waals surface area (Å²) in [6.45, 7) is 6.30. The average molecular weight is 2040 g/mol. The molecule has 0 radical (unpaired) electrons. The molecule has 6 heterocycles. The topological polar surface area (TPSA) is 242 Å². The molecule has 15 aromatic rings. The van der Waals surface area contributed by atoms with E-state index in [9.17, 15) is 70.1 Å². The van der Waals surface area contributed by atoms with Crippen LogP contribution in [0.4, 0.5) is 77.2 Å². The number of nitrogens with one attached hydrogen (secondary N) is 2. The van der Waals surface area contributed by atoms with Gasteiger partial charge in [-0.3, -0.25) is 8.99 Å². The quantitative estimate of drug-likeness (QED) is 0.0304. The predicted octanol–water partition coefficient (Wildman–Crippen LogP) is 24.3. The van der Waals surface area contributed by atoms with Crippen molar-refractivity contribution >= 4 is 108 Å². The minimum atomic E-state index is -2.20. The highest BCUT2D eigenvalue weighted by molar-refractivity contribution is 7.99. The smallest absolute Gasteiger partial charge is 0.161 e. The zero-order chi connectivity index (χ0) is 103. The lowest BCUT2D eigenvalue weighted by molar-refractivity contribution is 0.149. The molecule has 12 atom stereocenters. The molecule has 1 saturated heterocycles. The van der Waals surface area contributed by atoms with Crippen LogP contribution in [-0.2, 0) is 69.9 Å². The van der Waals surface area contributed by atoms with Crippen LogP contribution in [0.5, 0.6) is 34.5 Å². The number of hydrogen-bond donors (Lipinski definition) is 7. The lowest BCUT2D eigenvalue weighted by Gasteiger charge is -2.34. The zero-order valence-electron chi connectivity index (χ0n) is 79.0. The summed E-state index contributed by atoms with van der Waals surface area (Å²) in [5.41, 5.74) is 41.2. The molecule has 0 amide bonds. The van der Waals surface area contributed by atoms with E-state index in [0.717, 1.165) is 177 Å². The molecule has 752 valence electrons. The van der Waals surface area contributed by atoms with E-state index >= 15 is 0 Å². The first-order chi connectivity index (χ1) is 68.6. The zero-order valence-corrected chi connectivity index (χ0v) is 81.5. The molecule has 0 saturated carbocycles. The molecule has 0 aromatic heterocycles. The second kappa shape index (κ2) is 42.1. The van der Waals surface area contributed by atoms with E-state index in [1.807, 2.05) is 91.0 Å². The SMILES string of the molecule is C=S(C)(=N)Oc1ccc2c3c(ccc2c1)O[C@H](c1cc(F)c(F)cc1F)[C@@H](N)C3.C=S(C)(=O)Cc1ccc2ccc3c(c2c1)C[C@H](N)[C@@H](c1cc(F)c(F)cc1F)O3.CCc1cc2ccc3c(c2cc1OC)C[C@H](N)[C@@H](c1cc(F)c(F)cc1F)N3.CCc1cc2ccc3c(c2cc1OC)C[C@H](N)[C@@H](c1cc(F)c(F)cc1F)S3.N[C@H]1Cc2c(ccc3cc(N4CCCCC4)ccc23)O[C@@H]1c1cc(F)c(F)cc1F. The van der Waals surface area contributed by atoms with E-state index in [2.05, 4.69) is 66.1 Å². The Balaban J connectivity index is 0.000000123. The van der Waals surface area contributed by atoms with Gasteiger partial charge in [-0.25, -0.2) is 65.9 Å². The number of aryl methyl sites for hydroxylation is 2. The first kappa shape index (κ1) is 103. The third kappa shape index (κ3) is 21.6. The van der Waals surface area contributed by atoms with Gasteiger partial charge in [0.2, 0.25) is 0 Å². The van der Waals surface area contributed by atoms with Crippen LogP contribution in [0, 0.1) is 92.0 Å². The summed E-state index contributed by atoms with van der Waals surface area (Å²) in [4.78, 5) is 3.38. The minimum absolute atomic E-state index is 0.0241. The summed E-state index contributed by atoms with van der Waals surface area (Å²) in [6, 6.07) is 48.2. The van der Waals surface area contributed by atoms with Crippen molar-refractivity contribution in [2.75, 3.05) is 50.0 Å². The summed E-state index contributed by atoms with van der Waals surface area (Å²) in [5, 5.41) is 12.7. The number of methoxy groups -OCH3 is 2. The van der Waals surface area contributed by atoms with Crippen molar-refractivity contribution in [1.82, 2.24) is 0 Å². The maximum absolute atomic E-state index is 14.3. The van der Waals surface area contributed by atoms with E-state index in [0.29, 0.717) is 91.2 Å². The van der Waals surface area contributed by atoms with Gasteiger partial charge < -0.3 is 66.8 Å². The van der Waals surface area contributed by atoms with Crippen LogP contribution in [0.15, 0.2) is 205 Å². The standard InChI is InChI=1S/C24H23F3N2O.C22H21F3N2O.C22H20F3NO2S.C22H20F3NOS.C21H19F3N2O2S/c25-19-13-21(27)20(26)11-18(19)24-22(28)12-17-16-6-5-15(29-8-2-1-3-9-29)10-14(16)4-7-23(17)30-24;1-3-11-6-12-4-5-20-14(13(12)9-21(11)28-2)8-19(26)22(27-20)15-7-17(24)18(25)10-16(15)23;1-29(2,27)11-12-3-4-13-5-6-21-15(14(13)7-12)9-20(26)22(28-21)16-8-18(24)19(25)10-17(16)23;1-3-11-6-12-4-5-21-14(13(12)9-20(11)27-2)8-19(26)22(28-21)15-7-17(24)18(25)10-16(15)23;1-29(2,26)28-12-4-5-13-11(7-12)3-6-20-14(13)9-19(25)21(27-20)15-8-17(23)18(24)10-16(15)22/h4-7,10-11,13,22,24H,1-3,8-9,12,28H2;4-7,9-10,19,22,27H,3,8,26H2,1-2H3;3-8,10,20,22H,1,9,11,26H2,2H3;4-7,9-10,19,22H,3,8,26H2,1-2H3;3-8,10,19,21,26H,1,9,25H2,2H3/t22-,24+;19-,22+;20-,22+,29?;19-,22+;19-,21+,29?/m00000/s1. The van der Waals surface area contributed by atoms with E-state index in [1.165, 1.54) is 36.7 Å². The Labute approximate surface area is 827 Å². The molecule has 12 N–H and O–H groups in total. The first-order valence-electron chi connectivity index (χ1n) is 46.5. The molecule has 21 rings (SSSR count). The highest BCUT2D eigenvalue weighted by atomic mass is 32.2. The van der Waals surface area contributed by atoms with Gasteiger partial charge in [-0.15, -0.1) is 11.8 Å². The van der Waals surface area contributed by atoms with Crippen LogP contribution in [0.25, 0.3) is 53.9 Å². The molecular formula is C111H103F15N8O7S3. The Kier molecular flexibility index (Phi) is 30.0. The fraction of sp³-hybridized carbons (Fsp3) is 0.261. The lowest BCUT2D eigenvalue weighted by atomic mass is 9.86. The highest BCUT2D eigenvalue weighted by Crippen LogP contribution is 2.51. The minimum Gasteiger partial charge on any atom is -0.496 e. The van der Waals surface area contributed by atoms with Gasteiger partial charge in [0.05, 0.1) is 43.6 Å². The highest BCUT2D eigenvalue weighted by Gasteiger charge is 2.40. The summed E-state index contributed by atoms with van der Waals surface area (Å²) in [6.07, 6.45) is 8.08. The maximum atomic E-state index is 14.3. The maximum Gasteiger partial charge on any atom is 0.161 e. The van der Waals surface area contributed by atoms with Gasteiger partial charge in [-0.1, -0.05) is 68.4 Å². The molecule has 15 aromatic carbocycles. The first-order valence-corrected chi connectivity index (χ1v) is 51.9. The van der Waals surface area contributed by atoms with E-state index < -0.39 is 166 Å². The average Bonchev–Trinajstić information content (AvgIpc) is 0.737. The fourth-order valence-electron chi connectivity index (χ4n) is 19.8. The summed E-state index contributed by atoms with van der Waals surface area (Å²) >= 11 is 1.39. The van der Waals surface area contributed by atoms with E-state index in [4.69, 9.17) is 61.3 Å². The largest absolute Gasteiger partial charge is 0.496 e. The number of thioether (sulfide) groups is 1. The van der Waals surface area contributed by atoms with E-state index in [1.54, 1.807) is 44.9 Å².